The van der Waals surface area contributed by atoms with Crippen molar-refractivity contribution in [3.63, 3.8) is 0 Å². The SMILES string of the molecule is CCNc1cnccc1C(=O)Nc1ccc(F)cc1Cl. The lowest BCUT2D eigenvalue weighted by molar-refractivity contribution is 0.102. The number of hydrogen-bond donors (Lipinski definition) is 2. The van der Waals surface area contributed by atoms with Gasteiger partial charge in [-0.1, -0.05) is 11.6 Å². The highest BCUT2D eigenvalue weighted by Crippen LogP contribution is 2.24. The standard InChI is InChI=1S/C14H13ClFN3O/c1-2-18-13-8-17-6-5-10(13)14(20)19-12-4-3-9(16)7-11(12)15/h3-8,18H,2H2,1H3,(H,19,20). The number of amides is 1. The second kappa shape index (κ2) is 6.34. The van der Waals surface area contributed by atoms with Crippen LogP contribution in [0, 0.1) is 5.82 Å². The Bertz CT molecular complexity index is 634. The van der Waals surface area contributed by atoms with E-state index in [4.69, 9.17) is 11.6 Å². The molecule has 0 spiro atoms. The van der Waals surface area contributed by atoms with Crippen LogP contribution in [0.5, 0.6) is 0 Å². The Labute approximate surface area is 121 Å². The van der Waals surface area contributed by atoms with E-state index in [0.29, 0.717) is 23.5 Å². The van der Waals surface area contributed by atoms with Crippen molar-refractivity contribution in [3.8, 4) is 0 Å². The number of aromatic nitrogens is 1. The van der Waals surface area contributed by atoms with Crippen LogP contribution in [0.1, 0.15) is 17.3 Å². The van der Waals surface area contributed by atoms with E-state index in [9.17, 15) is 9.18 Å². The van der Waals surface area contributed by atoms with Gasteiger partial charge in [-0.3, -0.25) is 9.78 Å². The minimum atomic E-state index is -0.453. The molecule has 1 aromatic carbocycles. The third-order valence-corrected chi connectivity index (χ3v) is 2.92. The number of carbonyl (C=O) groups excluding carboxylic acids is 1. The predicted molar refractivity (Wildman–Crippen MR) is 77.8 cm³/mol. The second-order valence-electron chi connectivity index (χ2n) is 4.03. The third-order valence-electron chi connectivity index (χ3n) is 2.61. The average molecular weight is 294 g/mol. The van der Waals surface area contributed by atoms with Crippen molar-refractivity contribution >= 4 is 28.9 Å². The highest BCUT2D eigenvalue weighted by molar-refractivity contribution is 6.34. The summed E-state index contributed by atoms with van der Waals surface area (Å²) < 4.78 is 13.0. The van der Waals surface area contributed by atoms with Crippen LogP contribution in [0.3, 0.4) is 0 Å². The summed E-state index contributed by atoms with van der Waals surface area (Å²) in [6, 6.07) is 5.41. The number of anilines is 2. The van der Waals surface area contributed by atoms with Gasteiger partial charge in [0.1, 0.15) is 5.82 Å². The molecule has 0 aliphatic heterocycles. The molecule has 0 saturated heterocycles. The summed E-state index contributed by atoms with van der Waals surface area (Å²) in [7, 11) is 0. The maximum Gasteiger partial charge on any atom is 0.257 e. The van der Waals surface area contributed by atoms with Gasteiger partial charge in [-0.15, -0.1) is 0 Å². The van der Waals surface area contributed by atoms with E-state index >= 15 is 0 Å². The van der Waals surface area contributed by atoms with Crippen LogP contribution in [0.2, 0.25) is 5.02 Å². The highest BCUT2D eigenvalue weighted by atomic mass is 35.5. The molecule has 0 saturated carbocycles. The Morgan fingerprint density at radius 1 is 1.35 bits per heavy atom. The lowest BCUT2D eigenvalue weighted by Crippen LogP contribution is -2.15. The van der Waals surface area contributed by atoms with Gasteiger partial charge < -0.3 is 10.6 Å². The van der Waals surface area contributed by atoms with Crippen LogP contribution in [0.4, 0.5) is 15.8 Å². The van der Waals surface area contributed by atoms with Gasteiger partial charge in [-0.2, -0.15) is 0 Å². The zero-order valence-corrected chi connectivity index (χ0v) is 11.5. The monoisotopic (exact) mass is 293 g/mol. The van der Waals surface area contributed by atoms with Gasteiger partial charge in [0.05, 0.1) is 28.2 Å². The molecule has 0 bridgehead atoms. The van der Waals surface area contributed by atoms with Gasteiger partial charge in [-0.05, 0) is 31.2 Å². The Morgan fingerprint density at radius 2 is 2.15 bits per heavy atom. The molecule has 2 rings (SSSR count). The molecule has 20 heavy (non-hydrogen) atoms. The summed E-state index contributed by atoms with van der Waals surface area (Å²) in [5.41, 5.74) is 1.44. The molecular weight excluding hydrogens is 281 g/mol. The molecule has 1 aromatic heterocycles. The summed E-state index contributed by atoms with van der Waals surface area (Å²) in [6.07, 6.45) is 3.10. The topological polar surface area (TPSA) is 54.0 Å². The van der Waals surface area contributed by atoms with E-state index in [1.54, 1.807) is 12.3 Å². The quantitative estimate of drug-likeness (QED) is 0.906. The molecule has 0 aliphatic rings. The molecule has 0 atom stereocenters. The molecule has 2 N–H and O–H groups in total. The van der Waals surface area contributed by atoms with Gasteiger partial charge >= 0.3 is 0 Å². The van der Waals surface area contributed by atoms with E-state index in [-0.39, 0.29) is 10.9 Å². The fraction of sp³-hybridized carbons (Fsp3) is 0.143. The maximum absolute atomic E-state index is 13.0. The lowest BCUT2D eigenvalue weighted by Gasteiger charge is -2.11. The first-order valence-corrected chi connectivity index (χ1v) is 6.44. The van der Waals surface area contributed by atoms with E-state index < -0.39 is 5.82 Å². The summed E-state index contributed by atoms with van der Waals surface area (Å²) in [6.45, 7) is 2.59. The van der Waals surface area contributed by atoms with Gasteiger partial charge in [0.2, 0.25) is 0 Å². The first-order valence-electron chi connectivity index (χ1n) is 6.06. The Morgan fingerprint density at radius 3 is 2.85 bits per heavy atom. The summed E-state index contributed by atoms with van der Waals surface area (Å²) in [5, 5.41) is 5.85. The van der Waals surface area contributed by atoms with Gasteiger partial charge in [-0.25, -0.2) is 4.39 Å². The van der Waals surface area contributed by atoms with E-state index in [1.807, 2.05) is 6.92 Å². The van der Waals surface area contributed by atoms with Crippen molar-refractivity contribution in [1.82, 2.24) is 4.98 Å². The zero-order valence-electron chi connectivity index (χ0n) is 10.8. The number of benzene rings is 1. The minimum absolute atomic E-state index is 0.150. The predicted octanol–water partition coefficient (Wildman–Crippen LogP) is 3.56. The molecule has 4 nitrogen and oxygen atoms in total. The smallest absolute Gasteiger partial charge is 0.257 e. The largest absolute Gasteiger partial charge is 0.383 e. The number of nitrogens with zero attached hydrogens (tertiary/aromatic N) is 1. The fourth-order valence-corrected chi connectivity index (χ4v) is 1.92. The molecule has 0 unspecified atom stereocenters. The third kappa shape index (κ3) is 3.24. The highest BCUT2D eigenvalue weighted by Gasteiger charge is 2.13. The molecule has 0 aliphatic carbocycles. The second-order valence-corrected chi connectivity index (χ2v) is 4.44. The van der Waals surface area contributed by atoms with Crippen LogP contribution in [-0.4, -0.2) is 17.4 Å². The normalized spacial score (nSPS) is 10.2. The van der Waals surface area contributed by atoms with Gasteiger partial charge in [0.25, 0.3) is 5.91 Å². The minimum Gasteiger partial charge on any atom is -0.383 e. The molecule has 0 fully saturated rings. The van der Waals surface area contributed by atoms with Crippen molar-refractivity contribution < 1.29 is 9.18 Å². The maximum atomic E-state index is 13.0. The molecule has 6 heteroatoms. The van der Waals surface area contributed by atoms with Crippen LogP contribution >= 0.6 is 11.6 Å². The Kier molecular flexibility index (Phi) is 4.53. The molecular formula is C14H13ClFN3O. The van der Waals surface area contributed by atoms with Crippen molar-refractivity contribution in [2.45, 2.75) is 6.92 Å². The van der Waals surface area contributed by atoms with Crippen LogP contribution in [-0.2, 0) is 0 Å². The summed E-state index contributed by atoms with van der Waals surface area (Å²) in [4.78, 5) is 16.2. The van der Waals surface area contributed by atoms with Crippen molar-refractivity contribution in [2.24, 2.45) is 0 Å². The van der Waals surface area contributed by atoms with E-state index in [0.717, 1.165) is 6.07 Å². The number of carbonyl (C=O) groups is 1. The average Bonchev–Trinajstić information content (AvgIpc) is 2.43. The number of halogens is 2. The Balaban J connectivity index is 2.24. The lowest BCUT2D eigenvalue weighted by atomic mass is 10.2. The molecule has 1 heterocycles. The van der Waals surface area contributed by atoms with Crippen molar-refractivity contribution in [1.29, 1.82) is 0 Å². The zero-order chi connectivity index (χ0) is 14.5. The van der Waals surface area contributed by atoms with Crippen molar-refractivity contribution in [3.05, 3.63) is 53.1 Å². The van der Waals surface area contributed by atoms with Crippen molar-refractivity contribution in [2.75, 3.05) is 17.2 Å². The Hall–Kier alpha value is -2.14. The number of nitrogens with one attached hydrogen (secondary N) is 2. The van der Waals surface area contributed by atoms with Crippen LogP contribution in [0.25, 0.3) is 0 Å². The number of rotatable bonds is 4. The molecule has 0 radical (unpaired) electrons. The van der Waals surface area contributed by atoms with Gasteiger partial charge in [0, 0.05) is 12.7 Å². The number of hydrogen-bond acceptors (Lipinski definition) is 3. The summed E-state index contributed by atoms with van der Waals surface area (Å²) in [5.74, 6) is -0.790. The van der Waals surface area contributed by atoms with Gasteiger partial charge in [0.15, 0.2) is 0 Å². The molecule has 2 aromatic rings. The molecule has 104 valence electrons. The fourth-order valence-electron chi connectivity index (χ4n) is 1.70. The summed E-state index contributed by atoms with van der Waals surface area (Å²) >= 11 is 5.88. The van der Waals surface area contributed by atoms with E-state index in [1.165, 1.54) is 18.3 Å². The first-order chi connectivity index (χ1) is 9.61. The van der Waals surface area contributed by atoms with E-state index in [2.05, 4.69) is 15.6 Å². The van der Waals surface area contributed by atoms with Crippen LogP contribution < -0.4 is 10.6 Å². The van der Waals surface area contributed by atoms with Crippen LogP contribution in [0.15, 0.2) is 36.7 Å². The first kappa shape index (κ1) is 14.3. The number of pyridine rings is 1. The molecule has 1 amide bonds.